The van der Waals surface area contributed by atoms with Gasteiger partial charge in [0.05, 0.1) is 11.5 Å². The van der Waals surface area contributed by atoms with Crippen molar-refractivity contribution in [1.82, 2.24) is 0 Å². The topological polar surface area (TPSA) is 69.4 Å². The molecule has 5 heteroatoms. The van der Waals surface area contributed by atoms with Gasteiger partial charge in [0.1, 0.15) is 6.29 Å². The van der Waals surface area contributed by atoms with Gasteiger partial charge in [-0.3, -0.25) is 10.1 Å². The lowest BCUT2D eigenvalue weighted by atomic mass is 10.2. The van der Waals surface area contributed by atoms with Crippen LogP contribution in [-0.2, 0) is 4.79 Å². The van der Waals surface area contributed by atoms with E-state index in [2.05, 4.69) is 0 Å². The van der Waals surface area contributed by atoms with E-state index in [0.717, 1.165) is 0 Å². The highest BCUT2D eigenvalue weighted by atomic mass is 16.6. The van der Waals surface area contributed by atoms with E-state index in [1.807, 2.05) is 0 Å². The van der Waals surface area contributed by atoms with Crippen molar-refractivity contribution in [2.45, 2.75) is 13.3 Å². The van der Waals surface area contributed by atoms with Gasteiger partial charge in [0.15, 0.2) is 5.75 Å². The van der Waals surface area contributed by atoms with Crippen LogP contribution in [0.25, 0.3) is 0 Å². The van der Waals surface area contributed by atoms with E-state index >= 15 is 0 Å². The summed E-state index contributed by atoms with van der Waals surface area (Å²) in [4.78, 5) is 20.3. The zero-order valence-corrected chi connectivity index (χ0v) is 8.30. The van der Waals surface area contributed by atoms with Crippen molar-refractivity contribution in [3.05, 3.63) is 33.9 Å². The molecule has 1 rings (SSSR count). The SMILES string of the molecule is Cc1cccc(OCCC=O)c1[N+](=O)[O-]. The van der Waals surface area contributed by atoms with Gasteiger partial charge < -0.3 is 9.53 Å². The minimum Gasteiger partial charge on any atom is -0.486 e. The molecule has 5 nitrogen and oxygen atoms in total. The summed E-state index contributed by atoms with van der Waals surface area (Å²) < 4.78 is 5.15. The van der Waals surface area contributed by atoms with Crippen molar-refractivity contribution >= 4 is 12.0 Å². The normalized spacial score (nSPS) is 9.67. The Hall–Kier alpha value is -1.91. The minimum atomic E-state index is -0.481. The van der Waals surface area contributed by atoms with E-state index in [4.69, 9.17) is 4.74 Å². The number of nitro benzene ring substituents is 1. The Labute approximate surface area is 86.8 Å². The fraction of sp³-hybridized carbons (Fsp3) is 0.300. The van der Waals surface area contributed by atoms with Crippen LogP contribution in [0.2, 0.25) is 0 Å². The first-order chi connectivity index (χ1) is 7.16. The molecule has 0 heterocycles. The Morgan fingerprint density at radius 1 is 1.53 bits per heavy atom. The van der Waals surface area contributed by atoms with Gasteiger partial charge in [-0.2, -0.15) is 0 Å². The number of para-hydroxylation sites is 1. The Balaban J connectivity index is 2.90. The fourth-order valence-corrected chi connectivity index (χ4v) is 1.20. The van der Waals surface area contributed by atoms with Gasteiger partial charge in [-0.1, -0.05) is 12.1 Å². The number of nitrogens with zero attached hydrogens (tertiary/aromatic N) is 1. The predicted octanol–water partition coefficient (Wildman–Crippen LogP) is 1.87. The largest absolute Gasteiger partial charge is 0.486 e. The van der Waals surface area contributed by atoms with Gasteiger partial charge in [0, 0.05) is 12.0 Å². The number of benzene rings is 1. The van der Waals surface area contributed by atoms with Gasteiger partial charge in [-0.15, -0.1) is 0 Å². The molecular formula is C10H11NO4. The fourth-order valence-electron chi connectivity index (χ4n) is 1.20. The predicted molar refractivity (Wildman–Crippen MR) is 54.0 cm³/mol. The van der Waals surface area contributed by atoms with Crippen LogP contribution in [0, 0.1) is 17.0 Å². The van der Waals surface area contributed by atoms with Crippen molar-refractivity contribution in [2.75, 3.05) is 6.61 Å². The molecule has 0 spiro atoms. The van der Waals surface area contributed by atoms with Crippen LogP contribution in [0.1, 0.15) is 12.0 Å². The van der Waals surface area contributed by atoms with Gasteiger partial charge in [0.2, 0.25) is 0 Å². The molecule has 0 saturated carbocycles. The number of aryl methyl sites for hydroxylation is 1. The zero-order chi connectivity index (χ0) is 11.3. The molecule has 0 N–H and O–H groups in total. The average molecular weight is 209 g/mol. The number of rotatable bonds is 5. The van der Waals surface area contributed by atoms with Gasteiger partial charge in [0.25, 0.3) is 0 Å². The second-order valence-corrected chi connectivity index (χ2v) is 2.98. The number of ether oxygens (including phenoxy) is 1. The van der Waals surface area contributed by atoms with E-state index in [9.17, 15) is 14.9 Å². The molecule has 0 radical (unpaired) electrons. The summed E-state index contributed by atoms with van der Waals surface area (Å²) in [6.07, 6.45) is 0.937. The maximum absolute atomic E-state index is 10.7. The monoisotopic (exact) mass is 209 g/mol. The van der Waals surface area contributed by atoms with E-state index < -0.39 is 4.92 Å². The summed E-state index contributed by atoms with van der Waals surface area (Å²) >= 11 is 0. The minimum absolute atomic E-state index is 0.0385. The van der Waals surface area contributed by atoms with Crippen molar-refractivity contribution in [3.8, 4) is 5.75 Å². The van der Waals surface area contributed by atoms with Crippen LogP contribution in [-0.4, -0.2) is 17.8 Å². The van der Waals surface area contributed by atoms with Crippen molar-refractivity contribution in [2.24, 2.45) is 0 Å². The molecule has 0 aliphatic heterocycles. The molecule has 0 amide bonds. The quantitative estimate of drug-likeness (QED) is 0.321. The molecule has 0 fully saturated rings. The van der Waals surface area contributed by atoms with Crippen molar-refractivity contribution in [1.29, 1.82) is 0 Å². The highest BCUT2D eigenvalue weighted by Crippen LogP contribution is 2.29. The maximum atomic E-state index is 10.7. The van der Waals surface area contributed by atoms with Crippen LogP contribution in [0.4, 0.5) is 5.69 Å². The molecule has 80 valence electrons. The molecule has 0 unspecified atom stereocenters. The molecule has 1 aromatic carbocycles. The lowest BCUT2D eigenvalue weighted by molar-refractivity contribution is -0.386. The van der Waals surface area contributed by atoms with E-state index in [-0.39, 0.29) is 24.5 Å². The summed E-state index contributed by atoms with van der Waals surface area (Å²) in [5.41, 5.74) is 0.506. The van der Waals surface area contributed by atoms with Gasteiger partial charge >= 0.3 is 5.69 Å². The standard InChI is InChI=1S/C10H11NO4/c1-8-4-2-5-9(10(8)11(13)14)15-7-3-6-12/h2,4-6H,3,7H2,1H3. The molecule has 0 saturated heterocycles. The number of hydrogen-bond donors (Lipinski definition) is 0. The third kappa shape index (κ3) is 2.77. The summed E-state index contributed by atoms with van der Waals surface area (Å²) in [6, 6.07) is 4.85. The van der Waals surface area contributed by atoms with Gasteiger partial charge in [-0.25, -0.2) is 0 Å². The third-order valence-corrected chi connectivity index (χ3v) is 1.88. The van der Waals surface area contributed by atoms with E-state index in [1.54, 1.807) is 19.1 Å². The van der Waals surface area contributed by atoms with E-state index in [1.165, 1.54) is 6.07 Å². The van der Waals surface area contributed by atoms with Crippen molar-refractivity contribution in [3.63, 3.8) is 0 Å². The highest BCUT2D eigenvalue weighted by molar-refractivity contribution is 5.52. The van der Waals surface area contributed by atoms with Crippen LogP contribution in [0.5, 0.6) is 5.75 Å². The highest BCUT2D eigenvalue weighted by Gasteiger charge is 2.17. The molecule has 0 aliphatic rings. The second-order valence-electron chi connectivity index (χ2n) is 2.98. The second kappa shape index (κ2) is 5.09. The molecule has 0 bridgehead atoms. The maximum Gasteiger partial charge on any atom is 0.313 e. The zero-order valence-electron chi connectivity index (χ0n) is 8.30. The lowest BCUT2D eigenvalue weighted by Gasteiger charge is -2.05. The molecular weight excluding hydrogens is 198 g/mol. The number of hydrogen-bond acceptors (Lipinski definition) is 4. The lowest BCUT2D eigenvalue weighted by Crippen LogP contribution is -2.02. The smallest absolute Gasteiger partial charge is 0.313 e. The summed E-state index contributed by atoms with van der Waals surface area (Å²) in [6.45, 7) is 1.80. The van der Waals surface area contributed by atoms with Crippen LogP contribution < -0.4 is 4.74 Å². The Morgan fingerprint density at radius 3 is 2.87 bits per heavy atom. The Bertz CT molecular complexity index is 376. The van der Waals surface area contributed by atoms with Crippen LogP contribution in [0.3, 0.4) is 0 Å². The summed E-state index contributed by atoms with van der Waals surface area (Å²) in [5, 5.41) is 10.7. The van der Waals surface area contributed by atoms with Crippen LogP contribution >= 0.6 is 0 Å². The average Bonchev–Trinajstić information content (AvgIpc) is 2.17. The van der Waals surface area contributed by atoms with Crippen LogP contribution in [0.15, 0.2) is 18.2 Å². The molecule has 0 aromatic heterocycles. The number of aldehydes is 1. The molecule has 1 aromatic rings. The molecule has 15 heavy (non-hydrogen) atoms. The molecule has 0 atom stereocenters. The first-order valence-corrected chi connectivity index (χ1v) is 4.47. The molecule has 0 aliphatic carbocycles. The first kappa shape index (κ1) is 11.2. The summed E-state index contributed by atoms with van der Waals surface area (Å²) in [7, 11) is 0. The third-order valence-electron chi connectivity index (χ3n) is 1.88. The first-order valence-electron chi connectivity index (χ1n) is 4.47. The van der Waals surface area contributed by atoms with E-state index in [0.29, 0.717) is 11.8 Å². The number of nitro groups is 1. The van der Waals surface area contributed by atoms with Gasteiger partial charge in [-0.05, 0) is 13.0 Å². The summed E-state index contributed by atoms with van der Waals surface area (Å²) in [5.74, 6) is 0.210. The number of carbonyl (C=O) groups is 1. The Morgan fingerprint density at radius 2 is 2.27 bits per heavy atom. The number of carbonyl (C=O) groups excluding carboxylic acids is 1. The van der Waals surface area contributed by atoms with Crippen molar-refractivity contribution < 1.29 is 14.5 Å². The Kier molecular flexibility index (Phi) is 3.79.